The Morgan fingerprint density at radius 1 is 1.00 bits per heavy atom. The second kappa shape index (κ2) is 3.74. The van der Waals surface area contributed by atoms with Crippen molar-refractivity contribution in [3.05, 3.63) is 59.9 Å². The number of H-pyrrole nitrogens is 1. The van der Waals surface area contributed by atoms with Gasteiger partial charge < -0.3 is 4.98 Å². The number of aromatic nitrogens is 1. The first-order valence-electron chi connectivity index (χ1n) is 5.58. The molecule has 2 aromatic carbocycles. The summed E-state index contributed by atoms with van der Waals surface area (Å²) in [6, 6.07) is 14.9. The first-order chi connectivity index (χ1) is 8.22. The van der Waals surface area contributed by atoms with Gasteiger partial charge in [-0.2, -0.15) is 0 Å². The Labute approximate surface area is 98.9 Å². The van der Waals surface area contributed by atoms with E-state index >= 15 is 0 Å². The maximum absolute atomic E-state index is 13.2. The Balaban J connectivity index is 2.18. The number of hydrogen-bond donors (Lipinski definition) is 1. The van der Waals surface area contributed by atoms with Crippen molar-refractivity contribution in [3.63, 3.8) is 0 Å². The predicted octanol–water partition coefficient (Wildman–Crippen LogP) is 4.28. The van der Waals surface area contributed by atoms with E-state index in [4.69, 9.17) is 0 Å². The van der Waals surface area contributed by atoms with E-state index in [0.717, 1.165) is 22.2 Å². The number of halogens is 1. The molecule has 0 fully saturated rings. The van der Waals surface area contributed by atoms with E-state index in [-0.39, 0.29) is 5.82 Å². The zero-order chi connectivity index (χ0) is 11.8. The van der Waals surface area contributed by atoms with Crippen LogP contribution in [-0.4, -0.2) is 4.98 Å². The lowest BCUT2D eigenvalue weighted by Gasteiger charge is -1.97. The lowest BCUT2D eigenvalue weighted by molar-refractivity contribution is 0.628. The zero-order valence-corrected chi connectivity index (χ0v) is 9.50. The number of hydrogen-bond acceptors (Lipinski definition) is 0. The average molecular weight is 225 g/mol. The van der Waals surface area contributed by atoms with Gasteiger partial charge in [-0.3, -0.25) is 0 Å². The van der Waals surface area contributed by atoms with Crippen LogP contribution in [0.25, 0.3) is 22.2 Å². The molecule has 17 heavy (non-hydrogen) atoms. The summed E-state index contributed by atoms with van der Waals surface area (Å²) in [6.07, 6.45) is 0. The molecule has 1 N–H and O–H groups in total. The van der Waals surface area contributed by atoms with E-state index in [0.29, 0.717) is 0 Å². The van der Waals surface area contributed by atoms with Gasteiger partial charge in [-0.05, 0) is 36.8 Å². The fourth-order valence-electron chi connectivity index (χ4n) is 2.05. The lowest BCUT2D eigenvalue weighted by Crippen LogP contribution is -1.79. The van der Waals surface area contributed by atoms with Crippen LogP contribution in [0.15, 0.2) is 48.5 Å². The van der Waals surface area contributed by atoms with Crippen molar-refractivity contribution in [1.29, 1.82) is 0 Å². The molecule has 3 aromatic rings. The molecule has 1 nitrogen and oxygen atoms in total. The average Bonchev–Trinajstić information content (AvgIpc) is 2.72. The number of nitrogens with one attached hydrogen (secondary N) is 1. The van der Waals surface area contributed by atoms with Crippen molar-refractivity contribution in [3.8, 4) is 11.3 Å². The van der Waals surface area contributed by atoms with Gasteiger partial charge >= 0.3 is 0 Å². The monoisotopic (exact) mass is 225 g/mol. The topological polar surface area (TPSA) is 15.8 Å². The summed E-state index contributed by atoms with van der Waals surface area (Å²) >= 11 is 0. The van der Waals surface area contributed by atoms with Crippen molar-refractivity contribution in [2.75, 3.05) is 0 Å². The highest BCUT2D eigenvalue weighted by atomic mass is 19.1. The first-order valence-corrected chi connectivity index (χ1v) is 5.58. The predicted molar refractivity (Wildman–Crippen MR) is 68.4 cm³/mol. The largest absolute Gasteiger partial charge is 0.355 e. The van der Waals surface area contributed by atoms with Crippen LogP contribution in [0.3, 0.4) is 0 Å². The fraction of sp³-hybridized carbons (Fsp3) is 0.0667. The summed E-state index contributed by atoms with van der Waals surface area (Å²) in [5.41, 5.74) is 4.12. The number of rotatable bonds is 1. The minimum Gasteiger partial charge on any atom is -0.355 e. The van der Waals surface area contributed by atoms with Gasteiger partial charge in [0.1, 0.15) is 5.82 Å². The van der Waals surface area contributed by atoms with Crippen LogP contribution in [0.5, 0.6) is 0 Å². The highest BCUT2D eigenvalue weighted by Crippen LogP contribution is 2.25. The molecule has 0 amide bonds. The van der Waals surface area contributed by atoms with Crippen LogP contribution in [0.1, 0.15) is 5.56 Å². The molecule has 84 valence electrons. The van der Waals surface area contributed by atoms with Crippen molar-refractivity contribution in [2.24, 2.45) is 0 Å². The minimum atomic E-state index is -0.211. The Morgan fingerprint density at radius 3 is 2.71 bits per heavy atom. The molecule has 0 atom stereocenters. The van der Waals surface area contributed by atoms with Gasteiger partial charge in [0.2, 0.25) is 0 Å². The Kier molecular flexibility index (Phi) is 2.22. The maximum Gasteiger partial charge on any atom is 0.123 e. The van der Waals surface area contributed by atoms with E-state index < -0.39 is 0 Å². The number of aromatic amines is 1. The van der Waals surface area contributed by atoms with Crippen LogP contribution in [-0.2, 0) is 0 Å². The highest BCUT2D eigenvalue weighted by molar-refractivity contribution is 5.86. The molecule has 0 aliphatic heterocycles. The van der Waals surface area contributed by atoms with Gasteiger partial charge in [-0.25, -0.2) is 4.39 Å². The van der Waals surface area contributed by atoms with Gasteiger partial charge in [-0.15, -0.1) is 0 Å². The van der Waals surface area contributed by atoms with E-state index in [9.17, 15) is 4.39 Å². The molecule has 0 bridgehead atoms. The van der Waals surface area contributed by atoms with Gasteiger partial charge in [0.25, 0.3) is 0 Å². The SMILES string of the molecule is Cc1ccc2cc(-c3cccc(F)c3)[nH]c2c1. The third-order valence-corrected chi connectivity index (χ3v) is 2.91. The highest BCUT2D eigenvalue weighted by Gasteiger charge is 2.04. The summed E-state index contributed by atoms with van der Waals surface area (Å²) in [6.45, 7) is 2.06. The van der Waals surface area contributed by atoms with Gasteiger partial charge in [0.05, 0.1) is 0 Å². The summed E-state index contributed by atoms with van der Waals surface area (Å²) in [5.74, 6) is -0.211. The standard InChI is InChI=1S/C15H12FN/c1-10-5-6-12-9-15(17-14(12)7-10)11-3-2-4-13(16)8-11/h2-9,17H,1H3. The molecule has 1 heterocycles. The molecule has 3 rings (SSSR count). The normalized spacial score (nSPS) is 10.9. The van der Waals surface area contributed by atoms with Crippen LogP contribution in [0.2, 0.25) is 0 Å². The summed E-state index contributed by atoms with van der Waals surface area (Å²) in [7, 11) is 0. The van der Waals surface area contributed by atoms with E-state index in [2.05, 4.69) is 30.1 Å². The second-order valence-corrected chi connectivity index (χ2v) is 4.28. The molecule has 2 heteroatoms. The molecule has 0 radical (unpaired) electrons. The van der Waals surface area contributed by atoms with Gasteiger partial charge in [0.15, 0.2) is 0 Å². The van der Waals surface area contributed by atoms with Crippen molar-refractivity contribution < 1.29 is 4.39 Å². The second-order valence-electron chi connectivity index (χ2n) is 4.28. The van der Waals surface area contributed by atoms with Crippen LogP contribution in [0, 0.1) is 12.7 Å². The van der Waals surface area contributed by atoms with Gasteiger partial charge in [0, 0.05) is 22.2 Å². The quantitative estimate of drug-likeness (QED) is 0.636. The zero-order valence-electron chi connectivity index (χ0n) is 9.50. The molecule has 0 aliphatic rings. The fourth-order valence-corrected chi connectivity index (χ4v) is 2.05. The van der Waals surface area contributed by atoms with Crippen LogP contribution in [0.4, 0.5) is 4.39 Å². The van der Waals surface area contributed by atoms with Crippen molar-refractivity contribution >= 4 is 10.9 Å². The molecular weight excluding hydrogens is 213 g/mol. The summed E-state index contributed by atoms with van der Waals surface area (Å²) < 4.78 is 13.2. The summed E-state index contributed by atoms with van der Waals surface area (Å²) in [4.78, 5) is 3.31. The van der Waals surface area contributed by atoms with Gasteiger partial charge in [-0.1, -0.05) is 24.3 Å². The molecular formula is C15H12FN. The third-order valence-electron chi connectivity index (χ3n) is 2.91. The number of aryl methyl sites for hydroxylation is 1. The molecule has 0 aliphatic carbocycles. The van der Waals surface area contributed by atoms with Crippen molar-refractivity contribution in [2.45, 2.75) is 6.92 Å². The molecule has 0 saturated carbocycles. The van der Waals surface area contributed by atoms with E-state index in [1.54, 1.807) is 6.07 Å². The van der Waals surface area contributed by atoms with Crippen LogP contribution < -0.4 is 0 Å². The van der Waals surface area contributed by atoms with E-state index in [1.165, 1.54) is 17.7 Å². The smallest absolute Gasteiger partial charge is 0.123 e. The Hall–Kier alpha value is -2.09. The minimum absolute atomic E-state index is 0.211. The molecule has 0 unspecified atom stereocenters. The Bertz CT molecular complexity index is 682. The molecule has 1 aromatic heterocycles. The Morgan fingerprint density at radius 2 is 1.88 bits per heavy atom. The number of benzene rings is 2. The third kappa shape index (κ3) is 1.82. The molecule has 0 saturated heterocycles. The molecule has 0 spiro atoms. The maximum atomic E-state index is 13.2. The lowest BCUT2D eigenvalue weighted by atomic mass is 10.1. The van der Waals surface area contributed by atoms with Crippen molar-refractivity contribution in [1.82, 2.24) is 4.98 Å². The van der Waals surface area contributed by atoms with Crippen LogP contribution >= 0.6 is 0 Å². The summed E-state index contributed by atoms with van der Waals surface area (Å²) in [5, 5.41) is 1.15. The van der Waals surface area contributed by atoms with E-state index in [1.807, 2.05) is 12.1 Å². The number of fused-ring (bicyclic) bond motifs is 1. The first kappa shape index (κ1) is 10.1.